The maximum absolute atomic E-state index is 3.72. The molecule has 0 aliphatic heterocycles. The Hall–Kier alpha value is -0.980. The van der Waals surface area contributed by atoms with Gasteiger partial charge < -0.3 is 5.32 Å². The maximum atomic E-state index is 3.72. The SMILES string of the molecule is CCc1cccc(NC2CC(C)CC(C)C2)c1. The molecule has 0 heterocycles. The van der Waals surface area contributed by atoms with Gasteiger partial charge in [0.15, 0.2) is 0 Å². The van der Waals surface area contributed by atoms with E-state index in [9.17, 15) is 0 Å². The van der Waals surface area contributed by atoms with Gasteiger partial charge in [-0.25, -0.2) is 0 Å². The van der Waals surface area contributed by atoms with Crippen LogP contribution < -0.4 is 5.32 Å². The molecule has 2 rings (SSSR count). The van der Waals surface area contributed by atoms with Gasteiger partial charge >= 0.3 is 0 Å². The van der Waals surface area contributed by atoms with Gasteiger partial charge in [0.25, 0.3) is 0 Å². The fraction of sp³-hybridized carbons (Fsp3) is 0.625. The van der Waals surface area contributed by atoms with Crippen LogP contribution in [0.2, 0.25) is 0 Å². The predicted octanol–water partition coefficient (Wildman–Crippen LogP) is 4.49. The molecule has 94 valence electrons. The summed E-state index contributed by atoms with van der Waals surface area (Å²) in [6.07, 6.45) is 5.15. The van der Waals surface area contributed by atoms with E-state index >= 15 is 0 Å². The summed E-state index contributed by atoms with van der Waals surface area (Å²) in [5, 5.41) is 3.72. The fourth-order valence-electron chi connectivity index (χ4n) is 3.18. The Balaban J connectivity index is 1.99. The third kappa shape index (κ3) is 3.49. The molecule has 0 aromatic heterocycles. The number of hydrogen-bond donors (Lipinski definition) is 1. The average molecular weight is 231 g/mol. The quantitative estimate of drug-likeness (QED) is 0.808. The van der Waals surface area contributed by atoms with Gasteiger partial charge in [-0.05, 0) is 55.2 Å². The largest absolute Gasteiger partial charge is 0.382 e. The highest BCUT2D eigenvalue weighted by atomic mass is 14.9. The molecule has 1 aliphatic carbocycles. The zero-order valence-corrected chi connectivity index (χ0v) is 11.4. The lowest BCUT2D eigenvalue weighted by atomic mass is 9.80. The summed E-state index contributed by atoms with van der Waals surface area (Å²) in [6.45, 7) is 6.98. The van der Waals surface area contributed by atoms with Crippen molar-refractivity contribution in [2.45, 2.75) is 52.5 Å². The number of benzene rings is 1. The van der Waals surface area contributed by atoms with Gasteiger partial charge in [0, 0.05) is 11.7 Å². The summed E-state index contributed by atoms with van der Waals surface area (Å²) in [7, 11) is 0. The van der Waals surface area contributed by atoms with Gasteiger partial charge in [0.2, 0.25) is 0 Å². The highest BCUT2D eigenvalue weighted by Crippen LogP contribution is 2.30. The number of rotatable bonds is 3. The van der Waals surface area contributed by atoms with E-state index in [1.807, 2.05) is 0 Å². The van der Waals surface area contributed by atoms with Gasteiger partial charge in [0.05, 0.1) is 0 Å². The van der Waals surface area contributed by atoms with Crippen molar-refractivity contribution in [3.8, 4) is 0 Å². The second-order valence-electron chi connectivity index (χ2n) is 5.81. The molecule has 2 unspecified atom stereocenters. The predicted molar refractivity (Wildman–Crippen MR) is 75.4 cm³/mol. The van der Waals surface area contributed by atoms with Crippen molar-refractivity contribution in [2.24, 2.45) is 11.8 Å². The molecule has 1 aromatic carbocycles. The number of aryl methyl sites for hydroxylation is 1. The lowest BCUT2D eigenvalue weighted by Crippen LogP contribution is -2.30. The highest BCUT2D eigenvalue weighted by Gasteiger charge is 2.23. The van der Waals surface area contributed by atoms with Crippen LogP contribution in [0.1, 0.15) is 45.6 Å². The first-order valence-corrected chi connectivity index (χ1v) is 7.02. The number of anilines is 1. The monoisotopic (exact) mass is 231 g/mol. The Kier molecular flexibility index (Phi) is 4.09. The first kappa shape index (κ1) is 12.5. The van der Waals surface area contributed by atoms with Crippen molar-refractivity contribution in [1.29, 1.82) is 0 Å². The normalized spacial score (nSPS) is 29.0. The van der Waals surface area contributed by atoms with Crippen LogP contribution >= 0.6 is 0 Å². The molecule has 1 heteroatoms. The topological polar surface area (TPSA) is 12.0 Å². The van der Waals surface area contributed by atoms with Crippen LogP contribution in [0.25, 0.3) is 0 Å². The lowest BCUT2D eigenvalue weighted by Gasteiger charge is -2.32. The van der Waals surface area contributed by atoms with Crippen molar-refractivity contribution >= 4 is 5.69 Å². The van der Waals surface area contributed by atoms with E-state index in [0.29, 0.717) is 6.04 Å². The molecule has 1 N–H and O–H groups in total. The molecule has 2 atom stereocenters. The average Bonchev–Trinajstić information content (AvgIpc) is 2.28. The third-order valence-electron chi connectivity index (χ3n) is 3.88. The highest BCUT2D eigenvalue weighted by molar-refractivity contribution is 5.46. The molecule has 1 aliphatic rings. The van der Waals surface area contributed by atoms with Crippen LogP contribution in [0, 0.1) is 11.8 Å². The summed E-state index contributed by atoms with van der Waals surface area (Å²) in [4.78, 5) is 0. The third-order valence-corrected chi connectivity index (χ3v) is 3.88. The Morgan fingerprint density at radius 2 is 1.82 bits per heavy atom. The zero-order valence-electron chi connectivity index (χ0n) is 11.4. The smallest absolute Gasteiger partial charge is 0.0345 e. The summed E-state index contributed by atoms with van der Waals surface area (Å²) >= 11 is 0. The molecule has 0 saturated heterocycles. The Morgan fingerprint density at radius 3 is 2.47 bits per heavy atom. The van der Waals surface area contributed by atoms with Crippen LogP contribution in [-0.4, -0.2) is 6.04 Å². The lowest BCUT2D eigenvalue weighted by molar-refractivity contribution is 0.281. The van der Waals surface area contributed by atoms with E-state index < -0.39 is 0 Å². The van der Waals surface area contributed by atoms with Crippen molar-refractivity contribution < 1.29 is 0 Å². The Morgan fingerprint density at radius 1 is 1.12 bits per heavy atom. The molecule has 0 amide bonds. The number of nitrogens with one attached hydrogen (secondary N) is 1. The molecular weight excluding hydrogens is 206 g/mol. The minimum absolute atomic E-state index is 0.667. The maximum Gasteiger partial charge on any atom is 0.0345 e. The van der Waals surface area contributed by atoms with E-state index in [1.165, 1.54) is 30.5 Å². The fourth-order valence-corrected chi connectivity index (χ4v) is 3.18. The van der Waals surface area contributed by atoms with E-state index in [1.54, 1.807) is 0 Å². The summed E-state index contributed by atoms with van der Waals surface area (Å²) in [6, 6.07) is 9.53. The van der Waals surface area contributed by atoms with E-state index in [0.717, 1.165) is 18.3 Å². The van der Waals surface area contributed by atoms with Crippen molar-refractivity contribution in [3.05, 3.63) is 29.8 Å². The molecule has 0 radical (unpaired) electrons. The zero-order chi connectivity index (χ0) is 12.3. The molecule has 1 aromatic rings. The van der Waals surface area contributed by atoms with Gasteiger partial charge in [-0.3, -0.25) is 0 Å². The standard InChI is InChI=1S/C16H25N/c1-4-14-6-5-7-15(11-14)17-16-9-12(2)8-13(3)10-16/h5-7,11-13,16-17H,4,8-10H2,1-3H3. The van der Waals surface area contributed by atoms with Gasteiger partial charge in [-0.15, -0.1) is 0 Å². The molecular formula is C16H25N. The Labute approximate surface area is 106 Å². The van der Waals surface area contributed by atoms with Crippen LogP contribution in [0.15, 0.2) is 24.3 Å². The van der Waals surface area contributed by atoms with Crippen LogP contribution in [-0.2, 0) is 6.42 Å². The minimum atomic E-state index is 0.667. The first-order valence-electron chi connectivity index (χ1n) is 7.02. The minimum Gasteiger partial charge on any atom is -0.382 e. The van der Waals surface area contributed by atoms with Crippen molar-refractivity contribution in [3.63, 3.8) is 0 Å². The van der Waals surface area contributed by atoms with E-state index in [2.05, 4.69) is 50.4 Å². The molecule has 1 saturated carbocycles. The molecule has 1 fully saturated rings. The van der Waals surface area contributed by atoms with E-state index in [4.69, 9.17) is 0 Å². The number of hydrogen-bond acceptors (Lipinski definition) is 1. The van der Waals surface area contributed by atoms with Gasteiger partial charge in [-0.1, -0.05) is 32.9 Å². The molecule has 0 spiro atoms. The molecule has 0 bridgehead atoms. The van der Waals surface area contributed by atoms with Crippen molar-refractivity contribution in [2.75, 3.05) is 5.32 Å². The Bertz CT molecular complexity index is 348. The van der Waals surface area contributed by atoms with Gasteiger partial charge in [0.1, 0.15) is 0 Å². The van der Waals surface area contributed by atoms with Crippen LogP contribution in [0.3, 0.4) is 0 Å². The summed E-state index contributed by atoms with van der Waals surface area (Å²) in [5.74, 6) is 1.73. The van der Waals surface area contributed by atoms with Gasteiger partial charge in [-0.2, -0.15) is 0 Å². The first-order chi connectivity index (χ1) is 8.17. The van der Waals surface area contributed by atoms with E-state index in [-0.39, 0.29) is 0 Å². The summed E-state index contributed by atoms with van der Waals surface area (Å²) in [5.41, 5.74) is 2.72. The molecule has 1 nitrogen and oxygen atoms in total. The molecule has 17 heavy (non-hydrogen) atoms. The second kappa shape index (κ2) is 5.57. The van der Waals surface area contributed by atoms with Crippen molar-refractivity contribution in [1.82, 2.24) is 0 Å². The van der Waals surface area contributed by atoms with Crippen LogP contribution in [0.4, 0.5) is 5.69 Å². The second-order valence-corrected chi connectivity index (χ2v) is 5.81. The van der Waals surface area contributed by atoms with Crippen LogP contribution in [0.5, 0.6) is 0 Å². The summed E-state index contributed by atoms with van der Waals surface area (Å²) < 4.78 is 0.